The third kappa shape index (κ3) is 2.79. The summed E-state index contributed by atoms with van der Waals surface area (Å²) in [5.41, 5.74) is 0.569. The molecule has 2 N–H and O–H groups in total. The molecule has 0 radical (unpaired) electrons. The number of benzene rings is 1. The van der Waals surface area contributed by atoms with Crippen LogP contribution in [-0.4, -0.2) is 17.0 Å². The second-order valence-corrected chi connectivity index (χ2v) is 5.17. The number of aliphatic carboxylic acids is 1. The number of amides is 1. The van der Waals surface area contributed by atoms with E-state index in [9.17, 15) is 9.59 Å². The second-order valence-electron chi connectivity index (χ2n) is 3.91. The first-order valence-corrected chi connectivity index (χ1v) is 6.15. The summed E-state index contributed by atoms with van der Waals surface area (Å²) in [4.78, 5) is 22.3. The Kier molecular flexibility index (Phi) is 3.40. The predicted octanol–water partition coefficient (Wildman–Crippen LogP) is 2.76. The maximum Gasteiger partial charge on any atom is 0.307 e. The van der Waals surface area contributed by atoms with E-state index < -0.39 is 17.8 Å². The minimum Gasteiger partial charge on any atom is -0.481 e. The van der Waals surface area contributed by atoms with E-state index in [1.807, 2.05) is 0 Å². The fourth-order valence-electron chi connectivity index (χ4n) is 1.57. The van der Waals surface area contributed by atoms with Crippen LogP contribution < -0.4 is 5.32 Å². The number of anilines is 1. The van der Waals surface area contributed by atoms with Gasteiger partial charge in [-0.2, -0.15) is 0 Å². The van der Waals surface area contributed by atoms with Crippen LogP contribution in [0.3, 0.4) is 0 Å². The second kappa shape index (κ2) is 4.66. The molecular formula is C11H9BrClNO3. The summed E-state index contributed by atoms with van der Waals surface area (Å²) in [6.07, 6.45) is 0.408. The fraction of sp³-hybridized carbons (Fsp3) is 0.273. The maximum atomic E-state index is 11.7. The molecule has 1 aromatic rings. The molecule has 0 aromatic heterocycles. The minimum absolute atomic E-state index is 0.268. The highest BCUT2D eigenvalue weighted by Crippen LogP contribution is 2.39. The molecule has 1 saturated carbocycles. The van der Waals surface area contributed by atoms with Crippen molar-refractivity contribution in [2.24, 2.45) is 11.8 Å². The first-order valence-electron chi connectivity index (χ1n) is 4.98. The molecule has 0 bridgehead atoms. The molecule has 0 spiro atoms. The third-order valence-corrected chi connectivity index (χ3v) is 3.86. The van der Waals surface area contributed by atoms with Gasteiger partial charge >= 0.3 is 5.97 Å². The van der Waals surface area contributed by atoms with Crippen molar-refractivity contribution < 1.29 is 14.7 Å². The molecule has 6 heteroatoms. The van der Waals surface area contributed by atoms with Gasteiger partial charge in [0.25, 0.3) is 0 Å². The van der Waals surface area contributed by atoms with Gasteiger partial charge in [0, 0.05) is 10.2 Å². The molecule has 0 heterocycles. The summed E-state index contributed by atoms with van der Waals surface area (Å²) in [5, 5.41) is 11.9. The Balaban J connectivity index is 2.00. The monoisotopic (exact) mass is 317 g/mol. The lowest BCUT2D eigenvalue weighted by molar-refractivity contribution is -0.139. The van der Waals surface area contributed by atoms with Crippen LogP contribution >= 0.6 is 27.5 Å². The van der Waals surface area contributed by atoms with Crippen LogP contribution in [0.5, 0.6) is 0 Å². The normalized spacial score (nSPS) is 22.0. The summed E-state index contributed by atoms with van der Waals surface area (Å²) in [6.45, 7) is 0. The predicted molar refractivity (Wildman–Crippen MR) is 67.0 cm³/mol. The molecule has 1 aromatic carbocycles. The lowest BCUT2D eigenvalue weighted by Crippen LogP contribution is -2.16. The van der Waals surface area contributed by atoms with Crippen molar-refractivity contribution in [3.05, 3.63) is 27.7 Å². The molecule has 1 amide bonds. The van der Waals surface area contributed by atoms with E-state index in [0.29, 0.717) is 17.1 Å². The van der Waals surface area contributed by atoms with Gasteiger partial charge in [0.2, 0.25) is 5.91 Å². The van der Waals surface area contributed by atoms with Crippen molar-refractivity contribution in [2.45, 2.75) is 6.42 Å². The minimum atomic E-state index is -0.918. The quantitative estimate of drug-likeness (QED) is 0.900. The number of hydrogen-bond donors (Lipinski definition) is 2. The molecule has 0 unspecified atom stereocenters. The van der Waals surface area contributed by atoms with Crippen LogP contribution in [0, 0.1) is 11.8 Å². The van der Waals surface area contributed by atoms with Gasteiger partial charge in [0.15, 0.2) is 0 Å². The summed E-state index contributed by atoms with van der Waals surface area (Å²) in [7, 11) is 0. The lowest BCUT2D eigenvalue weighted by atomic mass is 10.2. The van der Waals surface area contributed by atoms with Gasteiger partial charge in [0.05, 0.1) is 16.9 Å². The van der Waals surface area contributed by atoms with E-state index in [-0.39, 0.29) is 5.91 Å². The van der Waals surface area contributed by atoms with Crippen molar-refractivity contribution in [1.82, 2.24) is 0 Å². The van der Waals surface area contributed by atoms with Crippen LogP contribution in [0.1, 0.15) is 6.42 Å². The zero-order chi connectivity index (χ0) is 12.6. The van der Waals surface area contributed by atoms with Crippen molar-refractivity contribution in [3.8, 4) is 0 Å². The van der Waals surface area contributed by atoms with Crippen LogP contribution in [0.25, 0.3) is 0 Å². The highest BCUT2D eigenvalue weighted by atomic mass is 79.9. The van der Waals surface area contributed by atoms with Gasteiger partial charge in [0.1, 0.15) is 0 Å². The number of halogens is 2. The number of hydrogen-bond acceptors (Lipinski definition) is 2. The van der Waals surface area contributed by atoms with E-state index in [1.165, 1.54) is 0 Å². The standard InChI is InChI=1S/C11H9BrClNO3/c12-8-2-1-5(3-9(8)13)14-10(15)6-4-7(6)11(16)17/h1-3,6-7H,4H2,(H,14,15)(H,16,17)/t6-,7+/m1/s1. The molecular weight excluding hydrogens is 309 g/mol. The Labute approximate surface area is 111 Å². The topological polar surface area (TPSA) is 66.4 Å². The molecule has 1 fully saturated rings. The Morgan fingerprint density at radius 3 is 2.65 bits per heavy atom. The van der Waals surface area contributed by atoms with Crippen LogP contribution in [-0.2, 0) is 9.59 Å². The highest BCUT2D eigenvalue weighted by Gasteiger charge is 2.48. The van der Waals surface area contributed by atoms with Gasteiger partial charge in [-0.25, -0.2) is 0 Å². The molecule has 1 aliphatic carbocycles. The largest absolute Gasteiger partial charge is 0.481 e. The molecule has 4 nitrogen and oxygen atoms in total. The Morgan fingerprint density at radius 1 is 1.41 bits per heavy atom. The first-order chi connectivity index (χ1) is 7.99. The molecule has 2 atom stereocenters. The Morgan fingerprint density at radius 2 is 2.12 bits per heavy atom. The van der Waals surface area contributed by atoms with Crippen LogP contribution in [0.4, 0.5) is 5.69 Å². The summed E-state index contributed by atoms with van der Waals surface area (Å²) in [6, 6.07) is 5.03. The van der Waals surface area contributed by atoms with E-state index in [2.05, 4.69) is 21.2 Å². The number of carboxylic acids is 1. The highest BCUT2D eigenvalue weighted by molar-refractivity contribution is 9.10. The summed E-state index contributed by atoms with van der Waals surface area (Å²) >= 11 is 9.12. The number of carbonyl (C=O) groups is 2. The van der Waals surface area contributed by atoms with E-state index in [4.69, 9.17) is 16.7 Å². The van der Waals surface area contributed by atoms with Crippen molar-refractivity contribution >= 4 is 45.1 Å². The third-order valence-electron chi connectivity index (χ3n) is 2.63. The fourth-order valence-corrected chi connectivity index (χ4v) is 1.99. The smallest absolute Gasteiger partial charge is 0.307 e. The van der Waals surface area contributed by atoms with E-state index >= 15 is 0 Å². The van der Waals surface area contributed by atoms with Crippen molar-refractivity contribution in [3.63, 3.8) is 0 Å². The van der Waals surface area contributed by atoms with Crippen LogP contribution in [0.2, 0.25) is 5.02 Å². The average Bonchev–Trinajstić information content (AvgIpc) is 3.03. The number of rotatable bonds is 3. The zero-order valence-electron chi connectivity index (χ0n) is 8.61. The van der Waals surface area contributed by atoms with E-state index in [1.54, 1.807) is 18.2 Å². The lowest BCUT2D eigenvalue weighted by Gasteiger charge is -2.05. The number of carbonyl (C=O) groups excluding carboxylic acids is 1. The van der Waals surface area contributed by atoms with E-state index in [0.717, 1.165) is 4.47 Å². The number of nitrogens with one attached hydrogen (secondary N) is 1. The number of carboxylic acid groups (broad SMARTS) is 1. The van der Waals surface area contributed by atoms with Gasteiger partial charge in [-0.1, -0.05) is 11.6 Å². The zero-order valence-corrected chi connectivity index (χ0v) is 11.0. The molecule has 2 rings (SSSR count). The molecule has 90 valence electrons. The van der Waals surface area contributed by atoms with Crippen molar-refractivity contribution in [1.29, 1.82) is 0 Å². The summed E-state index contributed by atoms with van der Waals surface area (Å²) in [5.74, 6) is -2.15. The van der Waals surface area contributed by atoms with Crippen molar-refractivity contribution in [2.75, 3.05) is 5.32 Å². The van der Waals surface area contributed by atoms with Crippen LogP contribution in [0.15, 0.2) is 22.7 Å². The van der Waals surface area contributed by atoms with Gasteiger partial charge in [-0.15, -0.1) is 0 Å². The Hall–Kier alpha value is -1.07. The SMILES string of the molecule is O=C(O)[C@H]1C[C@H]1C(=O)Nc1ccc(Br)c(Cl)c1. The van der Waals surface area contributed by atoms with Gasteiger partial charge in [-0.3, -0.25) is 9.59 Å². The molecule has 17 heavy (non-hydrogen) atoms. The Bertz CT molecular complexity index is 492. The van der Waals surface area contributed by atoms with Gasteiger partial charge < -0.3 is 10.4 Å². The molecule has 0 saturated heterocycles. The van der Waals surface area contributed by atoms with Gasteiger partial charge in [-0.05, 0) is 40.5 Å². The maximum absolute atomic E-state index is 11.7. The molecule has 1 aliphatic rings. The molecule has 0 aliphatic heterocycles. The average molecular weight is 319 g/mol. The summed E-state index contributed by atoms with van der Waals surface area (Å²) < 4.78 is 0.743. The first kappa shape index (κ1) is 12.4.